The Hall–Kier alpha value is -3.57. The molecule has 8 heteroatoms. The number of carbonyl (C=O) groups excluding carboxylic acids is 1. The molecular formula is C34H37F3N2O3. The van der Waals surface area contributed by atoms with E-state index in [1.165, 1.54) is 25.3 Å². The van der Waals surface area contributed by atoms with Crippen LogP contribution in [0.25, 0.3) is 0 Å². The predicted octanol–water partition coefficient (Wildman–Crippen LogP) is 7.00. The van der Waals surface area contributed by atoms with Crippen LogP contribution in [0.15, 0.2) is 53.1 Å². The van der Waals surface area contributed by atoms with E-state index >= 15 is 0 Å². The summed E-state index contributed by atoms with van der Waals surface area (Å²) in [6, 6.07) is 12.9. The van der Waals surface area contributed by atoms with Crippen LogP contribution in [-0.2, 0) is 29.2 Å². The summed E-state index contributed by atoms with van der Waals surface area (Å²) >= 11 is 0. The van der Waals surface area contributed by atoms with Crippen LogP contribution in [-0.4, -0.2) is 42.1 Å². The molecule has 5 rings (SSSR count). The fraction of sp³-hybridized carbons (Fsp3) is 0.471. The third kappa shape index (κ3) is 7.43. The van der Waals surface area contributed by atoms with Crippen molar-refractivity contribution in [3.05, 3.63) is 82.2 Å². The Balaban J connectivity index is 1.14. The molecule has 2 fully saturated rings. The first-order chi connectivity index (χ1) is 19.9. The minimum absolute atomic E-state index is 0.00665. The molecule has 0 radical (unpaired) electrons. The van der Waals surface area contributed by atoms with Crippen LogP contribution < -0.4 is 4.74 Å². The van der Waals surface area contributed by atoms with Gasteiger partial charge in [0.2, 0.25) is 0 Å². The molecule has 2 aliphatic rings. The molecule has 0 unspecified atom stereocenters. The highest BCUT2D eigenvalue weighted by Gasteiger charge is 2.46. The Morgan fingerprint density at radius 1 is 1.00 bits per heavy atom. The number of aromatic nitrogens is 1. The zero-order valence-electron chi connectivity index (χ0n) is 24.4. The van der Waals surface area contributed by atoms with Gasteiger partial charge >= 0.3 is 6.18 Å². The Morgan fingerprint density at radius 2 is 1.69 bits per heavy atom. The highest BCUT2D eigenvalue weighted by atomic mass is 19.4. The zero-order chi connectivity index (χ0) is 30.0. The lowest BCUT2D eigenvalue weighted by molar-refractivity contribution is -0.139. The van der Waals surface area contributed by atoms with Gasteiger partial charge in [-0.1, -0.05) is 56.3 Å². The lowest BCUT2D eigenvalue weighted by Crippen LogP contribution is -2.59. The number of likely N-dealkylation sites (tertiary alicyclic amines) is 1. The molecule has 1 saturated heterocycles. The first-order valence-corrected chi connectivity index (χ1v) is 14.5. The maximum Gasteiger partial charge on any atom is 0.420 e. The van der Waals surface area contributed by atoms with Crippen molar-refractivity contribution in [2.24, 2.45) is 5.41 Å². The summed E-state index contributed by atoms with van der Waals surface area (Å²) in [5, 5.41) is 4.00. The van der Waals surface area contributed by atoms with E-state index in [-0.39, 0.29) is 42.0 Å². The molecule has 0 N–H and O–H groups in total. The van der Waals surface area contributed by atoms with E-state index in [9.17, 15) is 18.0 Å². The average Bonchev–Trinajstić information content (AvgIpc) is 3.35. The van der Waals surface area contributed by atoms with Crippen molar-refractivity contribution in [3.63, 3.8) is 0 Å². The van der Waals surface area contributed by atoms with Gasteiger partial charge in [0.05, 0.1) is 24.3 Å². The number of nitrogens with zero attached hydrogens (tertiary/aromatic N) is 2. The molecule has 1 saturated carbocycles. The first kappa shape index (κ1) is 29.9. The number of hydrogen-bond donors (Lipinski definition) is 0. The predicted molar refractivity (Wildman–Crippen MR) is 154 cm³/mol. The van der Waals surface area contributed by atoms with Gasteiger partial charge in [-0.15, -0.1) is 0 Å². The second-order valence-corrected chi connectivity index (χ2v) is 12.7. The van der Waals surface area contributed by atoms with Crippen molar-refractivity contribution >= 4 is 5.78 Å². The van der Waals surface area contributed by atoms with E-state index < -0.39 is 11.7 Å². The summed E-state index contributed by atoms with van der Waals surface area (Å²) in [7, 11) is 0. The van der Waals surface area contributed by atoms with Gasteiger partial charge in [-0.25, -0.2) is 0 Å². The third-order valence-corrected chi connectivity index (χ3v) is 8.08. The first-order valence-electron chi connectivity index (χ1n) is 14.5. The van der Waals surface area contributed by atoms with Crippen LogP contribution in [0, 0.1) is 17.3 Å². The van der Waals surface area contributed by atoms with E-state index in [1.807, 2.05) is 26.8 Å². The second-order valence-electron chi connectivity index (χ2n) is 12.7. The van der Waals surface area contributed by atoms with Gasteiger partial charge < -0.3 is 14.2 Å². The van der Waals surface area contributed by atoms with Crippen LogP contribution in [0.3, 0.4) is 0 Å². The number of benzene rings is 2. The van der Waals surface area contributed by atoms with Gasteiger partial charge in [-0.2, -0.15) is 13.2 Å². The quantitative estimate of drug-likeness (QED) is 0.202. The number of hydrogen-bond acceptors (Lipinski definition) is 5. The minimum Gasteiger partial charge on any atom is -0.493 e. The van der Waals surface area contributed by atoms with Crippen molar-refractivity contribution in [1.29, 1.82) is 0 Å². The number of carbonyl (C=O) groups is 1. The number of halogens is 3. The largest absolute Gasteiger partial charge is 0.493 e. The van der Waals surface area contributed by atoms with Crippen molar-refractivity contribution in [2.75, 3.05) is 26.2 Å². The normalized spacial score (nSPS) is 16.3. The summed E-state index contributed by atoms with van der Waals surface area (Å²) in [5.41, 5.74) is 1.86. The van der Waals surface area contributed by atoms with Crippen molar-refractivity contribution in [2.45, 2.75) is 70.9 Å². The maximum absolute atomic E-state index is 13.8. The van der Waals surface area contributed by atoms with E-state index in [0.717, 1.165) is 37.0 Å². The van der Waals surface area contributed by atoms with Crippen LogP contribution in [0.4, 0.5) is 13.2 Å². The molecular weight excluding hydrogens is 541 g/mol. The van der Waals surface area contributed by atoms with Gasteiger partial charge in [0.15, 0.2) is 0 Å². The van der Waals surface area contributed by atoms with Crippen LogP contribution in [0.5, 0.6) is 5.75 Å². The number of ketones is 1. The van der Waals surface area contributed by atoms with Gasteiger partial charge in [0, 0.05) is 48.7 Å². The molecule has 1 aliphatic heterocycles. The Kier molecular flexibility index (Phi) is 8.52. The highest BCUT2D eigenvalue weighted by Crippen LogP contribution is 2.48. The summed E-state index contributed by atoms with van der Waals surface area (Å²) < 4.78 is 52.3. The van der Waals surface area contributed by atoms with Gasteiger partial charge in [-0.05, 0) is 60.6 Å². The van der Waals surface area contributed by atoms with E-state index in [0.29, 0.717) is 23.1 Å². The number of rotatable bonds is 9. The van der Waals surface area contributed by atoms with Gasteiger partial charge in [0.1, 0.15) is 17.3 Å². The van der Waals surface area contributed by atoms with E-state index in [2.05, 4.69) is 21.9 Å². The summed E-state index contributed by atoms with van der Waals surface area (Å²) in [6.07, 6.45) is 0.491. The molecule has 2 aromatic carbocycles. The Morgan fingerprint density at radius 3 is 2.31 bits per heavy atom. The van der Waals surface area contributed by atoms with Crippen LogP contribution in [0.1, 0.15) is 80.2 Å². The second kappa shape index (κ2) is 12.0. The van der Waals surface area contributed by atoms with Crippen LogP contribution in [0.2, 0.25) is 0 Å². The van der Waals surface area contributed by atoms with Crippen molar-refractivity contribution < 1.29 is 27.2 Å². The highest BCUT2D eigenvalue weighted by molar-refractivity contribution is 5.82. The van der Waals surface area contributed by atoms with Crippen molar-refractivity contribution in [3.8, 4) is 17.6 Å². The van der Waals surface area contributed by atoms with E-state index in [4.69, 9.17) is 9.26 Å². The van der Waals surface area contributed by atoms with Gasteiger partial charge in [0.25, 0.3) is 0 Å². The molecule has 222 valence electrons. The molecule has 3 aromatic rings. The van der Waals surface area contributed by atoms with Crippen molar-refractivity contribution in [1.82, 2.24) is 10.1 Å². The summed E-state index contributed by atoms with van der Waals surface area (Å²) in [6.45, 7) is 9.35. The molecule has 0 amide bonds. The lowest BCUT2D eigenvalue weighted by Gasteiger charge is -2.56. The topological polar surface area (TPSA) is 55.6 Å². The molecule has 1 aromatic heterocycles. The molecule has 5 nitrogen and oxygen atoms in total. The lowest BCUT2D eigenvalue weighted by atomic mass is 9.63. The molecule has 0 bridgehead atoms. The number of Topliss-reactive ketones (excluding diaryl/α,β-unsaturated/α-hetero) is 1. The summed E-state index contributed by atoms with van der Waals surface area (Å²) in [4.78, 5) is 14.9. The van der Waals surface area contributed by atoms with E-state index in [1.54, 1.807) is 30.3 Å². The molecule has 42 heavy (non-hydrogen) atoms. The molecule has 1 aliphatic carbocycles. The number of alkyl halides is 3. The number of ether oxygens (including phenoxy) is 1. The van der Waals surface area contributed by atoms with Gasteiger partial charge in [-0.3, -0.25) is 4.79 Å². The SMILES string of the molecule is CC(C)(C)c1cc(CC(=O)Cc2ccc(C#Cc3ccc(OCCCN4CC5(CCC5)C4)c(C(F)(F)F)c3)cc2)no1. The van der Waals surface area contributed by atoms with Crippen LogP contribution >= 0.6 is 0 Å². The molecule has 2 heterocycles. The summed E-state index contributed by atoms with van der Waals surface area (Å²) in [5.74, 6) is 6.32. The molecule has 0 atom stereocenters. The maximum atomic E-state index is 13.8. The zero-order valence-corrected chi connectivity index (χ0v) is 24.4. The fourth-order valence-corrected chi connectivity index (χ4v) is 5.57. The monoisotopic (exact) mass is 578 g/mol. The standard InChI is InChI=1S/C34H37F3N2O3/c1-32(2,3)31-21-27(38-42-31)20-28(40)18-25-9-6-24(7-10-25)8-11-26-12-13-30(29(19-26)34(35,36)37)41-17-5-16-39-22-33(23-39)14-4-15-33/h6-7,9-10,12-13,19,21H,4-5,14-18,20,22-23H2,1-3H3. The smallest absolute Gasteiger partial charge is 0.420 e. The Bertz CT molecular complexity index is 1460. The third-order valence-electron chi connectivity index (χ3n) is 8.08. The average molecular weight is 579 g/mol. The fourth-order valence-electron chi connectivity index (χ4n) is 5.57. The minimum atomic E-state index is -4.55. The molecule has 1 spiro atoms. The Labute approximate surface area is 245 Å².